The Hall–Kier alpha value is -3.75. The molecule has 1 saturated heterocycles. The van der Waals surface area contributed by atoms with E-state index in [4.69, 9.17) is 9.72 Å². The average molecular weight is 641 g/mol. The summed E-state index contributed by atoms with van der Waals surface area (Å²) in [5.41, 5.74) is 5.04. The average Bonchev–Trinajstić information content (AvgIpc) is 3.06. The van der Waals surface area contributed by atoms with Crippen molar-refractivity contribution in [2.45, 2.75) is 83.6 Å². The lowest BCUT2D eigenvalue weighted by atomic mass is 9.71. The van der Waals surface area contributed by atoms with Crippen LogP contribution in [0, 0.1) is 0 Å². The van der Waals surface area contributed by atoms with Gasteiger partial charge in [0.2, 0.25) is 0 Å². The molecule has 1 aromatic heterocycles. The fourth-order valence-corrected chi connectivity index (χ4v) is 7.30. The molecule has 252 valence electrons. The highest BCUT2D eigenvalue weighted by molar-refractivity contribution is 5.91. The third kappa shape index (κ3) is 8.79. The summed E-state index contributed by atoms with van der Waals surface area (Å²) in [6.45, 7) is 13.7. The van der Waals surface area contributed by atoms with Gasteiger partial charge in [0, 0.05) is 49.2 Å². The number of nitrogens with one attached hydrogen (secondary N) is 2. The van der Waals surface area contributed by atoms with Gasteiger partial charge < -0.3 is 24.8 Å². The number of hydrogen-bond acceptors (Lipinski definition) is 5. The van der Waals surface area contributed by atoms with Gasteiger partial charge in [-0.25, -0.2) is 9.59 Å². The Labute approximate surface area is 281 Å². The highest BCUT2D eigenvalue weighted by Crippen LogP contribution is 2.40. The molecule has 1 saturated carbocycles. The molecule has 1 aliphatic heterocycles. The van der Waals surface area contributed by atoms with Crippen molar-refractivity contribution in [3.05, 3.63) is 89.2 Å². The summed E-state index contributed by atoms with van der Waals surface area (Å²) in [5, 5.41) is 6.75. The molecule has 0 atom stereocenters. The number of quaternary nitrogens is 1. The van der Waals surface area contributed by atoms with Crippen LogP contribution in [-0.2, 0) is 16.8 Å². The molecule has 5 rings (SSSR count). The van der Waals surface area contributed by atoms with Gasteiger partial charge in [-0.2, -0.15) is 0 Å². The second-order valence-corrected chi connectivity index (χ2v) is 14.6. The van der Waals surface area contributed by atoms with Crippen LogP contribution in [0.5, 0.6) is 5.75 Å². The maximum Gasteiger partial charge on any atom is 0.367 e. The van der Waals surface area contributed by atoms with E-state index in [2.05, 4.69) is 75.7 Å². The Morgan fingerprint density at radius 2 is 1.57 bits per heavy atom. The minimum Gasteiger partial charge on any atom is -0.422 e. The van der Waals surface area contributed by atoms with Crippen LogP contribution in [0.25, 0.3) is 0 Å². The van der Waals surface area contributed by atoms with Gasteiger partial charge in [-0.05, 0) is 65.6 Å². The maximum absolute atomic E-state index is 14.5. The van der Waals surface area contributed by atoms with E-state index in [1.54, 1.807) is 0 Å². The fraction of sp³-hybridized carbons (Fsp3) is 0.513. The molecule has 2 fully saturated rings. The van der Waals surface area contributed by atoms with E-state index in [0.717, 1.165) is 79.9 Å². The largest absolute Gasteiger partial charge is 0.422 e. The zero-order chi connectivity index (χ0) is 33.4. The predicted octanol–water partition coefficient (Wildman–Crippen LogP) is 7.22. The van der Waals surface area contributed by atoms with E-state index in [9.17, 15) is 9.59 Å². The van der Waals surface area contributed by atoms with Crippen LogP contribution < -0.4 is 15.4 Å². The monoisotopic (exact) mass is 640 g/mol. The Morgan fingerprint density at radius 1 is 0.915 bits per heavy atom. The van der Waals surface area contributed by atoms with Gasteiger partial charge >= 0.3 is 12.0 Å². The van der Waals surface area contributed by atoms with Crippen molar-refractivity contribution >= 4 is 17.7 Å². The van der Waals surface area contributed by atoms with E-state index >= 15 is 0 Å². The predicted molar refractivity (Wildman–Crippen MR) is 189 cm³/mol. The zero-order valence-corrected chi connectivity index (χ0v) is 29.1. The van der Waals surface area contributed by atoms with Gasteiger partial charge in [0.15, 0.2) is 6.54 Å². The Bertz CT molecular complexity index is 1450. The molecule has 8 heteroatoms. The second kappa shape index (κ2) is 15.4. The quantitative estimate of drug-likeness (QED) is 0.131. The second-order valence-electron chi connectivity index (χ2n) is 14.6. The molecule has 0 bridgehead atoms. The molecule has 8 nitrogen and oxygen atoms in total. The Morgan fingerprint density at radius 3 is 2.17 bits per heavy atom. The number of rotatable bonds is 11. The number of carbonyl (C=O) groups excluding carboxylic acids is 2. The minimum absolute atomic E-state index is 0.107. The van der Waals surface area contributed by atoms with Gasteiger partial charge in [-0.1, -0.05) is 83.4 Å². The van der Waals surface area contributed by atoms with Crippen LogP contribution in [0.2, 0.25) is 0 Å². The number of nitrogens with zero attached hydrogens (tertiary/aromatic N) is 3. The molecular formula is C39H54N5O3+. The van der Waals surface area contributed by atoms with Crippen LogP contribution in [0.3, 0.4) is 0 Å². The third-order valence-corrected chi connectivity index (χ3v) is 10.1. The first-order chi connectivity index (χ1) is 22.6. The topological polar surface area (TPSA) is 83.6 Å². The SMILES string of the molecule is CC(C)c1cccc(C(C)C)c1NC(=O)N(Cc1ccc(OC(=O)C[N+]2(C)CCNCC2)cc1)CC1(c2ccccn2)CCCCC1. The number of esters is 1. The van der Waals surface area contributed by atoms with E-state index < -0.39 is 0 Å². The number of urea groups is 1. The fourth-order valence-electron chi connectivity index (χ4n) is 7.30. The number of ether oxygens (including phenoxy) is 1. The van der Waals surface area contributed by atoms with Crippen LogP contribution in [-0.4, -0.2) is 72.7 Å². The normalized spacial score (nSPS) is 17.3. The number of amides is 2. The number of benzene rings is 2. The lowest BCUT2D eigenvalue weighted by Crippen LogP contribution is -2.58. The molecule has 1 aliphatic carbocycles. The first kappa shape index (κ1) is 34.6. The van der Waals surface area contributed by atoms with Crippen molar-refractivity contribution in [2.24, 2.45) is 0 Å². The molecule has 0 unspecified atom stereocenters. The summed E-state index contributed by atoms with van der Waals surface area (Å²) < 4.78 is 6.44. The van der Waals surface area contributed by atoms with Crippen LogP contribution in [0.15, 0.2) is 66.9 Å². The van der Waals surface area contributed by atoms with E-state index in [-0.39, 0.29) is 29.3 Å². The van der Waals surface area contributed by atoms with Gasteiger partial charge in [-0.3, -0.25) is 4.98 Å². The zero-order valence-electron chi connectivity index (χ0n) is 29.1. The van der Waals surface area contributed by atoms with E-state index in [1.807, 2.05) is 41.4 Å². The maximum atomic E-state index is 14.5. The van der Waals surface area contributed by atoms with Crippen molar-refractivity contribution in [3.63, 3.8) is 0 Å². The van der Waals surface area contributed by atoms with E-state index in [1.165, 1.54) is 6.42 Å². The molecule has 2 heterocycles. The van der Waals surface area contributed by atoms with Crippen LogP contribution in [0.4, 0.5) is 10.5 Å². The molecule has 0 radical (unpaired) electrons. The number of pyridine rings is 1. The summed E-state index contributed by atoms with van der Waals surface area (Å²) in [5.74, 6) is 0.841. The van der Waals surface area contributed by atoms with Crippen LogP contribution in [0.1, 0.15) is 94.0 Å². The molecule has 3 aromatic rings. The number of aromatic nitrogens is 1. The summed E-state index contributed by atoms with van der Waals surface area (Å²) >= 11 is 0. The Balaban J connectivity index is 1.40. The number of piperazine rings is 1. The van der Waals surface area contributed by atoms with Crippen molar-refractivity contribution in [1.82, 2.24) is 15.2 Å². The number of likely N-dealkylation sites (N-methyl/N-ethyl adjacent to an activating group) is 1. The first-order valence-corrected chi connectivity index (χ1v) is 17.5. The van der Waals surface area contributed by atoms with Crippen molar-refractivity contribution in [1.29, 1.82) is 0 Å². The summed E-state index contributed by atoms with van der Waals surface area (Å²) in [6.07, 6.45) is 7.30. The minimum atomic E-state index is -0.220. The van der Waals surface area contributed by atoms with E-state index in [0.29, 0.717) is 29.9 Å². The van der Waals surface area contributed by atoms with Gasteiger partial charge in [0.1, 0.15) is 5.75 Å². The Kier molecular flexibility index (Phi) is 11.4. The number of hydrogen-bond donors (Lipinski definition) is 2. The molecule has 2 aromatic carbocycles. The van der Waals surface area contributed by atoms with Crippen molar-refractivity contribution in [2.75, 3.05) is 51.6 Å². The molecule has 2 N–H and O–H groups in total. The van der Waals surface area contributed by atoms with Crippen molar-refractivity contribution < 1.29 is 18.8 Å². The molecule has 2 amide bonds. The molecular weight excluding hydrogens is 586 g/mol. The molecule has 2 aliphatic rings. The highest BCUT2D eigenvalue weighted by atomic mass is 16.5. The summed E-state index contributed by atoms with van der Waals surface area (Å²) in [7, 11) is 2.11. The molecule has 47 heavy (non-hydrogen) atoms. The van der Waals surface area contributed by atoms with Crippen molar-refractivity contribution in [3.8, 4) is 5.75 Å². The lowest BCUT2D eigenvalue weighted by molar-refractivity contribution is -0.904. The van der Waals surface area contributed by atoms with Crippen LogP contribution >= 0.6 is 0 Å². The van der Waals surface area contributed by atoms with Gasteiger partial charge in [-0.15, -0.1) is 0 Å². The first-order valence-electron chi connectivity index (χ1n) is 17.5. The molecule has 0 spiro atoms. The summed E-state index contributed by atoms with van der Waals surface area (Å²) in [6, 6.07) is 20.0. The highest BCUT2D eigenvalue weighted by Gasteiger charge is 2.38. The van der Waals surface area contributed by atoms with Gasteiger partial charge in [0.05, 0.1) is 20.1 Å². The number of carbonyl (C=O) groups is 2. The standard InChI is InChI=1S/C39H53N5O3/c1-29(2)33-12-11-13-34(30(3)4)37(33)42-38(46)43(28-39(19-8-6-9-20-39)35-14-7-10-21-41-35)26-31-15-17-32(18-16-31)47-36(45)27-44(5)24-22-40-23-25-44/h7,10-18,21,29-30,40H,6,8-9,19-20,22-28H2,1-5H3/p+1. The lowest BCUT2D eigenvalue weighted by Gasteiger charge is -2.41. The number of para-hydroxylation sites is 1. The summed E-state index contributed by atoms with van der Waals surface area (Å²) in [4.78, 5) is 34.1. The third-order valence-electron chi connectivity index (χ3n) is 10.1. The smallest absolute Gasteiger partial charge is 0.367 e. The van der Waals surface area contributed by atoms with Gasteiger partial charge in [0.25, 0.3) is 0 Å². The number of anilines is 1.